The number of methoxy groups -OCH3 is 1. The molecule has 0 bridgehead atoms. The Morgan fingerprint density at radius 2 is 1.86 bits per heavy atom. The van der Waals surface area contributed by atoms with Crippen molar-refractivity contribution in [1.29, 1.82) is 0 Å². The highest BCUT2D eigenvalue weighted by atomic mass is 16.5. The number of hydrogen-bond acceptors (Lipinski definition) is 4. The third-order valence-electron chi connectivity index (χ3n) is 6.92. The van der Waals surface area contributed by atoms with Crippen molar-refractivity contribution >= 4 is 0 Å². The molecule has 2 unspecified atom stereocenters. The maximum Gasteiger partial charge on any atom is 0.120 e. The van der Waals surface area contributed by atoms with Gasteiger partial charge >= 0.3 is 0 Å². The second-order valence-corrected chi connectivity index (χ2v) is 8.58. The summed E-state index contributed by atoms with van der Waals surface area (Å²) in [5.41, 5.74) is 3.83. The Balaban J connectivity index is 1.26. The molecule has 4 nitrogen and oxygen atoms in total. The van der Waals surface area contributed by atoms with Gasteiger partial charge in [-0.15, -0.1) is 0 Å². The number of fused-ring (bicyclic) bond motifs is 1. The SMILES string of the molecule is COc1ccc2c(c1)CCC(CCCN1CCC(c3ccccc3)CC1)C2N=O. The van der Waals surface area contributed by atoms with Gasteiger partial charge in [0, 0.05) is 0 Å². The van der Waals surface area contributed by atoms with Gasteiger partial charge in [-0.2, -0.15) is 4.91 Å². The third-order valence-corrected chi connectivity index (χ3v) is 6.92. The molecule has 4 heteroatoms. The molecule has 0 saturated carbocycles. The van der Waals surface area contributed by atoms with Crippen molar-refractivity contribution < 1.29 is 4.74 Å². The lowest BCUT2D eigenvalue weighted by molar-refractivity contribution is 0.200. The van der Waals surface area contributed by atoms with Crippen molar-refractivity contribution in [2.24, 2.45) is 11.1 Å². The van der Waals surface area contributed by atoms with Crippen LogP contribution in [-0.2, 0) is 6.42 Å². The fourth-order valence-corrected chi connectivity index (χ4v) is 5.20. The van der Waals surface area contributed by atoms with Crippen molar-refractivity contribution in [3.05, 3.63) is 70.1 Å². The Labute approximate surface area is 174 Å². The van der Waals surface area contributed by atoms with E-state index in [0.29, 0.717) is 11.8 Å². The average molecular weight is 393 g/mol. The van der Waals surface area contributed by atoms with Gasteiger partial charge in [0.1, 0.15) is 11.8 Å². The van der Waals surface area contributed by atoms with Gasteiger partial charge in [0.05, 0.1) is 7.11 Å². The fraction of sp³-hybridized carbons (Fsp3) is 0.520. The Hall–Kier alpha value is -2.20. The zero-order chi connectivity index (χ0) is 20.1. The molecular formula is C25H32N2O2. The van der Waals surface area contributed by atoms with Crippen LogP contribution in [0.25, 0.3) is 0 Å². The summed E-state index contributed by atoms with van der Waals surface area (Å²) in [4.78, 5) is 14.2. The van der Waals surface area contributed by atoms with E-state index in [0.717, 1.165) is 43.5 Å². The second-order valence-electron chi connectivity index (χ2n) is 8.58. The van der Waals surface area contributed by atoms with E-state index < -0.39 is 0 Å². The number of likely N-dealkylation sites (tertiary alicyclic amines) is 1. The Kier molecular flexibility index (Phi) is 6.60. The van der Waals surface area contributed by atoms with Gasteiger partial charge in [0.15, 0.2) is 0 Å². The van der Waals surface area contributed by atoms with Crippen molar-refractivity contribution in [1.82, 2.24) is 4.90 Å². The minimum Gasteiger partial charge on any atom is -0.497 e. The Morgan fingerprint density at radius 1 is 1.07 bits per heavy atom. The second kappa shape index (κ2) is 9.53. The molecule has 0 aromatic heterocycles. The summed E-state index contributed by atoms with van der Waals surface area (Å²) < 4.78 is 5.33. The summed E-state index contributed by atoms with van der Waals surface area (Å²) in [7, 11) is 1.69. The lowest BCUT2D eigenvalue weighted by Crippen LogP contribution is -2.34. The predicted octanol–water partition coefficient (Wildman–Crippen LogP) is 5.72. The molecule has 154 valence electrons. The smallest absolute Gasteiger partial charge is 0.120 e. The van der Waals surface area contributed by atoms with Crippen LogP contribution in [0.3, 0.4) is 0 Å². The summed E-state index contributed by atoms with van der Waals surface area (Å²) in [6.45, 7) is 3.50. The van der Waals surface area contributed by atoms with E-state index in [1.54, 1.807) is 7.11 Å². The lowest BCUT2D eigenvalue weighted by Gasteiger charge is -2.33. The van der Waals surface area contributed by atoms with E-state index in [4.69, 9.17) is 4.74 Å². The maximum absolute atomic E-state index is 11.6. The number of rotatable bonds is 7. The number of nitrogens with zero attached hydrogens (tertiary/aromatic N) is 2. The van der Waals surface area contributed by atoms with Gasteiger partial charge in [-0.05, 0) is 98.8 Å². The van der Waals surface area contributed by atoms with E-state index in [-0.39, 0.29) is 6.04 Å². The molecule has 29 heavy (non-hydrogen) atoms. The number of hydrogen-bond donors (Lipinski definition) is 0. The minimum absolute atomic E-state index is 0.200. The van der Waals surface area contributed by atoms with Crippen molar-refractivity contribution in [2.75, 3.05) is 26.7 Å². The molecule has 1 aliphatic carbocycles. The summed E-state index contributed by atoms with van der Waals surface area (Å²) in [6, 6.07) is 16.8. The first-order chi connectivity index (χ1) is 14.3. The maximum atomic E-state index is 11.6. The number of ether oxygens (including phenoxy) is 1. The number of piperidine rings is 1. The molecule has 0 spiro atoms. The zero-order valence-electron chi connectivity index (χ0n) is 17.4. The van der Waals surface area contributed by atoms with Crippen molar-refractivity contribution in [3.63, 3.8) is 0 Å². The molecule has 1 fully saturated rings. The Morgan fingerprint density at radius 3 is 2.59 bits per heavy atom. The third kappa shape index (κ3) is 4.69. The first-order valence-electron chi connectivity index (χ1n) is 11.0. The quantitative estimate of drug-likeness (QED) is 0.566. The molecule has 2 aromatic carbocycles. The van der Waals surface area contributed by atoms with Crippen LogP contribution < -0.4 is 4.74 Å². The zero-order valence-corrected chi connectivity index (χ0v) is 17.4. The molecule has 1 saturated heterocycles. The molecule has 2 atom stereocenters. The normalized spacial score (nSPS) is 22.8. The molecule has 0 radical (unpaired) electrons. The standard InChI is InChI=1S/C25H32N2O2/c1-29-23-11-12-24-22(18-23)10-9-21(25(24)26-28)8-5-15-27-16-13-20(14-17-27)19-6-3-2-4-7-19/h2-4,6-7,11-12,18,20-21,25H,5,8-10,13-17H2,1H3. The molecule has 0 amide bonds. The number of benzene rings is 2. The van der Waals surface area contributed by atoms with E-state index in [1.165, 1.54) is 37.1 Å². The van der Waals surface area contributed by atoms with Crippen LogP contribution >= 0.6 is 0 Å². The molecule has 2 aliphatic rings. The van der Waals surface area contributed by atoms with E-state index >= 15 is 0 Å². The van der Waals surface area contributed by atoms with Gasteiger partial charge < -0.3 is 9.64 Å². The van der Waals surface area contributed by atoms with Gasteiger partial charge in [0.25, 0.3) is 0 Å². The largest absolute Gasteiger partial charge is 0.497 e. The highest BCUT2D eigenvalue weighted by molar-refractivity contribution is 5.39. The first kappa shape index (κ1) is 20.1. The predicted molar refractivity (Wildman–Crippen MR) is 117 cm³/mol. The molecule has 1 aliphatic heterocycles. The molecule has 0 N–H and O–H groups in total. The summed E-state index contributed by atoms with van der Waals surface area (Å²) >= 11 is 0. The minimum atomic E-state index is -0.200. The topological polar surface area (TPSA) is 41.9 Å². The van der Waals surface area contributed by atoms with Crippen LogP contribution in [0, 0.1) is 10.8 Å². The van der Waals surface area contributed by atoms with Gasteiger partial charge in [-0.3, -0.25) is 0 Å². The number of nitroso groups, excluding NO2 is 1. The Bertz CT molecular complexity index is 800. The molecule has 4 rings (SSSR count). The summed E-state index contributed by atoms with van der Waals surface area (Å²) in [5.74, 6) is 1.95. The van der Waals surface area contributed by atoms with Crippen LogP contribution in [-0.4, -0.2) is 31.6 Å². The van der Waals surface area contributed by atoms with Gasteiger partial charge in [-0.25, -0.2) is 0 Å². The van der Waals surface area contributed by atoms with Gasteiger partial charge in [-0.1, -0.05) is 41.6 Å². The van der Waals surface area contributed by atoms with Crippen LogP contribution in [0.4, 0.5) is 0 Å². The average Bonchev–Trinajstić information content (AvgIpc) is 2.79. The summed E-state index contributed by atoms with van der Waals surface area (Å²) in [6.07, 6.45) is 6.80. The summed E-state index contributed by atoms with van der Waals surface area (Å²) in [5, 5.41) is 3.53. The molecule has 1 heterocycles. The fourth-order valence-electron chi connectivity index (χ4n) is 5.20. The highest BCUT2D eigenvalue weighted by Gasteiger charge is 2.31. The molecular weight excluding hydrogens is 360 g/mol. The molecule has 2 aromatic rings. The first-order valence-corrected chi connectivity index (χ1v) is 11.0. The van der Waals surface area contributed by atoms with E-state index in [9.17, 15) is 4.91 Å². The monoisotopic (exact) mass is 392 g/mol. The van der Waals surface area contributed by atoms with Gasteiger partial charge in [0.2, 0.25) is 0 Å². The highest BCUT2D eigenvalue weighted by Crippen LogP contribution is 2.40. The van der Waals surface area contributed by atoms with E-state index in [1.807, 2.05) is 12.1 Å². The van der Waals surface area contributed by atoms with Crippen LogP contribution in [0.1, 0.15) is 60.8 Å². The van der Waals surface area contributed by atoms with Crippen molar-refractivity contribution in [3.8, 4) is 5.75 Å². The van der Waals surface area contributed by atoms with Crippen LogP contribution in [0.2, 0.25) is 0 Å². The number of aryl methyl sites for hydroxylation is 1. The van der Waals surface area contributed by atoms with E-state index in [2.05, 4.69) is 46.5 Å². The van der Waals surface area contributed by atoms with Crippen molar-refractivity contribution in [2.45, 2.75) is 50.5 Å². The van der Waals surface area contributed by atoms with Crippen LogP contribution in [0.5, 0.6) is 5.75 Å². The van der Waals surface area contributed by atoms with Crippen LogP contribution in [0.15, 0.2) is 53.7 Å². The lowest BCUT2D eigenvalue weighted by atomic mass is 9.78.